The molecule has 0 radical (unpaired) electrons. The molecule has 0 aliphatic heterocycles. The second kappa shape index (κ2) is 5.31. The molecule has 2 rings (SSSR count). The van der Waals surface area contributed by atoms with Crippen LogP contribution in [0.15, 0.2) is 36.5 Å². The number of nitrogens with one attached hydrogen (secondary N) is 2. The van der Waals surface area contributed by atoms with E-state index < -0.39 is 6.23 Å². The van der Waals surface area contributed by atoms with Gasteiger partial charge in [-0.25, -0.2) is 4.39 Å². The van der Waals surface area contributed by atoms with Gasteiger partial charge in [0.2, 0.25) is 0 Å². The number of hydrogen-bond donors (Lipinski definition) is 3. The van der Waals surface area contributed by atoms with Crippen molar-refractivity contribution in [1.29, 1.82) is 0 Å². The third-order valence-electron chi connectivity index (χ3n) is 2.45. The SMILES string of the molecule is OC(NCc1c(F)cccc1Cl)c1ccc[nH]1. The van der Waals surface area contributed by atoms with Gasteiger partial charge in [-0.05, 0) is 24.3 Å². The fourth-order valence-corrected chi connectivity index (χ4v) is 1.75. The first-order valence-corrected chi connectivity index (χ1v) is 5.54. The molecular formula is C12H12ClFN2O. The maximum atomic E-state index is 13.4. The summed E-state index contributed by atoms with van der Waals surface area (Å²) in [5, 5.41) is 12.9. The topological polar surface area (TPSA) is 48.0 Å². The van der Waals surface area contributed by atoms with E-state index in [1.165, 1.54) is 6.07 Å². The van der Waals surface area contributed by atoms with Crippen LogP contribution in [0.1, 0.15) is 17.5 Å². The number of halogens is 2. The molecule has 1 aromatic carbocycles. The zero-order valence-corrected chi connectivity index (χ0v) is 9.71. The number of benzene rings is 1. The fourth-order valence-electron chi connectivity index (χ4n) is 1.52. The highest BCUT2D eigenvalue weighted by Crippen LogP contribution is 2.19. The summed E-state index contributed by atoms with van der Waals surface area (Å²) in [5.41, 5.74) is 0.970. The lowest BCUT2D eigenvalue weighted by Crippen LogP contribution is -2.21. The summed E-state index contributed by atoms with van der Waals surface area (Å²) in [6.07, 6.45) is 0.830. The van der Waals surface area contributed by atoms with Crippen molar-refractivity contribution in [1.82, 2.24) is 10.3 Å². The Balaban J connectivity index is 2.03. The van der Waals surface area contributed by atoms with E-state index in [1.54, 1.807) is 30.5 Å². The summed E-state index contributed by atoms with van der Waals surface area (Å²) in [5.74, 6) is -0.385. The predicted molar refractivity (Wildman–Crippen MR) is 64.0 cm³/mol. The Kier molecular flexibility index (Phi) is 3.78. The van der Waals surface area contributed by atoms with Crippen LogP contribution in [0.2, 0.25) is 5.02 Å². The second-order valence-corrected chi connectivity index (χ2v) is 4.02. The van der Waals surface area contributed by atoms with Crippen molar-refractivity contribution in [2.24, 2.45) is 0 Å². The Morgan fingerprint density at radius 3 is 2.82 bits per heavy atom. The van der Waals surface area contributed by atoms with Crippen LogP contribution in [0.3, 0.4) is 0 Å². The third-order valence-corrected chi connectivity index (χ3v) is 2.80. The van der Waals surface area contributed by atoms with Gasteiger partial charge in [0.15, 0.2) is 0 Å². The van der Waals surface area contributed by atoms with E-state index in [1.807, 2.05) is 0 Å². The van der Waals surface area contributed by atoms with E-state index in [4.69, 9.17) is 11.6 Å². The zero-order valence-electron chi connectivity index (χ0n) is 8.95. The van der Waals surface area contributed by atoms with Gasteiger partial charge in [0.1, 0.15) is 12.0 Å². The van der Waals surface area contributed by atoms with Gasteiger partial charge in [-0.3, -0.25) is 5.32 Å². The lowest BCUT2D eigenvalue weighted by molar-refractivity contribution is 0.133. The number of H-pyrrole nitrogens is 1. The monoisotopic (exact) mass is 254 g/mol. The van der Waals surface area contributed by atoms with Crippen LogP contribution in [0.5, 0.6) is 0 Å². The number of hydrogen-bond acceptors (Lipinski definition) is 2. The highest BCUT2D eigenvalue weighted by atomic mass is 35.5. The maximum Gasteiger partial charge on any atom is 0.146 e. The first-order valence-electron chi connectivity index (χ1n) is 5.16. The molecule has 0 bridgehead atoms. The summed E-state index contributed by atoms with van der Waals surface area (Å²) in [6, 6.07) is 8.01. The standard InChI is InChI=1S/C12H12ClFN2O/c13-9-3-1-4-10(14)8(9)7-16-12(17)11-5-2-6-15-11/h1-6,12,15-17H,7H2. The number of aromatic amines is 1. The van der Waals surface area contributed by atoms with Crippen LogP contribution in [0.25, 0.3) is 0 Å². The predicted octanol–water partition coefficient (Wildman–Crippen LogP) is 2.59. The largest absolute Gasteiger partial charge is 0.373 e. The first-order chi connectivity index (χ1) is 8.18. The van der Waals surface area contributed by atoms with Crippen LogP contribution in [-0.2, 0) is 6.54 Å². The van der Waals surface area contributed by atoms with Crippen molar-refractivity contribution in [2.75, 3.05) is 0 Å². The molecule has 0 spiro atoms. The van der Waals surface area contributed by atoms with Crippen LogP contribution in [0.4, 0.5) is 4.39 Å². The third kappa shape index (κ3) is 2.85. The van der Waals surface area contributed by atoms with Gasteiger partial charge in [0.25, 0.3) is 0 Å². The summed E-state index contributed by atoms with van der Waals surface area (Å²) in [7, 11) is 0. The molecule has 0 saturated carbocycles. The normalized spacial score (nSPS) is 12.6. The van der Waals surface area contributed by atoms with E-state index >= 15 is 0 Å². The Morgan fingerprint density at radius 1 is 1.35 bits per heavy atom. The minimum Gasteiger partial charge on any atom is -0.373 e. The van der Waals surface area contributed by atoms with Crippen molar-refractivity contribution in [3.05, 3.63) is 58.6 Å². The van der Waals surface area contributed by atoms with Crippen molar-refractivity contribution in [2.45, 2.75) is 12.8 Å². The number of rotatable bonds is 4. The molecule has 0 aliphatic carbocycles. The molecule has 2 aromatic rings. The molecule has 0 aliphatic rings. The Bertz CT molecular complexity index is 467. The molecule has 0 fully saturated rings. The Labute approximate surface area is 103 Å². The summed E-state index contributed by atoms with van der Waals surface area (Å²) in [6.45, 7) is 0.158. The van der Waals surface area contributed by atoms with Crippen molar-refractivity contribution < 1.29 is 9.50 Å². The molecule has 0 saturated heterocycles. The van der Waals surface area contributed by atoms with Crippen LogP contribution in [0, 0.1) is 5.82 Å². The van der Waals surface area contributed by atoms with Gasteiger partial charge in [0, 0.05) is 23.3 Å². The molecule has 17 heavy (non-hydrogen) atoms. The van der Waals surface area contributed by atoms with Crippen LogP contribution >= 0.6 is 11.6 Å². The summed E-state index contributed by atoms with van der Waals surface area (Å²) in [4.78, 5) is 2.86. The molecule has 1 atom stereocenters. The second-order valence-electron chi connectivity index (χ2n) is 3.61. The molecule has 3 nitrogen and oxygen atoms in total. The molecule has 90 valence electrons. The zero-order chi connectivity index (χ0) is 12.3. The highest BCUT2D eigenvalue weighted by molar-refractivity contribution is 6.31. The van der Waals surface area contributed by atoms with E-state index in [9.17, 15) is 9.50 Å². The van der Waals surface area contributed by atoms with Gasteiger partial charge in [-0.1, -0.05) is 17.7 Å². The fraction of sp³-hybridized carbons (Fsp3) is 0.167. The summed E-state index contributed by atoms with van der Waals surface area (Å²) >= 11 is 5.87. The molecule has 1 heterocycles. The van der Waals surface area contributed by atoms with E-state index in [-0.39, 0.29) is 12.4 Å². The van der Waals surface area contributed by atoms with Crippen LogP contribution in [-0.4, -0.2) is 10.1 Å². The molecule has 0 amide bonds. The minimum absolute atomic E-state index is 0.158. The number of aliphatic hydroxyl groups is 1. The molecule has 3 N–H and O–H groups in total. The first kappa shape index (κ1) is 12.1. The summed E-state index contributed by atoms with van der Waals surface area (Å²) < 4.78 is 13.4. The van der Waals surface area contributed by atoms with Crippen molar-refractivity contribution in [3.8, 4) is 0 Å². The average Bonchev–Trinajstić information content (AvgIpc) is 2.81. The van der Waals surface area contributed by atoms with Crippen molar-refractivity contribution in [3.63, 3.8) is 0 Å². The molecule has 1 unspecified atom stereocenters. The molecule has 5 heteroatoms. The van der Waals surface area contributed by atoms with E-state index in [0.29, 0.717) is 16.3 Å². The van der Waals surface area contributed by atoms with Crippen LogP contribution < -0.4 is 5.32 Å². The number of aliphatic hydroxyl groups excluding tert-OH is 1. The Hall–Kier alpha value is -1.36. The Morgan fingerprint density at radius 2 is 2.18 bits per heavy atom. The van der Waals surface area contributed by atoms with Gasteiger partial charge >= 0.3 is 0 Å². The lowest BCUT2D eigenvalue weighted by atomic mass is 10.2. The lowest BCUT2D eigenvalue weighted by Gasteiger charge is -2.12. The molecular weight excluding hydrogens is 243 g/mol. The average molecular weight is 255 g/mol. The smallest absolute Gasteiger partial charge is 0.146 e. The van der Waals surface area contributed by atoms with Gasteiger partial charge in [-0.2, -0.15) is 0 Å². The van der Waals surface area contributed by atoms with E-state index in [2.05, 4.69) is 10.3 Å². The van der Waals surface area contributed by atoms with Crippen molar-refractivity contribution >= 4 is 11.6 Å². The quantitative estimate of drug-likeness (QED) is 0.735. The van der Waals surface area contributed by atoms with Gasteiger partial charge in [0.05, 0.1) is 5.69 Å². The molecule has 1 aromatic heterocycles. The maximum absolute atomic E-state index is 13.4. The highest BCUT2D eigenvalue weighted by Gasteiger charge is 2.11. The van der Waals surface area contributed by atoms with Gasteiger partial charge < -0.3 is 10.1 Å². The minimum atomic E-state index is -0.874. The number of aromatic nitrogens is 1. The van der Waals surface area contributed by atoms with E-state index in [0.717, 1.165) is 0 Å². The van der Waals surface area contributed by atoms with Gasteiger partial charge in [-0.15, -0.1) is 0 Å².